The number of anilines is 1. The molecule has 0 aromatic heterocycles. The zero-order valence-corrected chi connectivity index (χ0v) is 14.8. The van der Waals surface area contributed by atoms with Crippen LogP contribution in [0.1, 0.15) is 31.7 Å². The summed E-state index contributed by atoms with van der Waals surface area (Å²) in [5.41, 5.74) is -0.887. The summed E-state index contributed by atoms with van der Waals surface area (Å²) in [5, 5.41) is -0.421. The summed E-state index contributed by atoms with van der Waals surface area (Å²) in [4.78, 5) is 27.4. The highest BCUT2D eigenvalue weighted by atomic mass is 35.5. The predicted molar refractivity (Wildman–Crippen MR) is 89.5 cm³/mol. The van der Waals surface area contributed by atoms with E-state index in [2.05, 4.69) is 0 Å². The first kappa shape index (κ1) is 19.6. The summed E-state index contributed by atoms with van der Waals surface area (Å²) >= 11 is 5.61. The van der Waals surface area contributed by atoms with Gasteiger partial charge in [0.25, 0.3) is 0 Å². The lowest BCUT2D eigenvalue weighted by Gasteiger charge is -2.22. The molecule has 1 saturated heterocycles. The number of unbranched alkanes of at least 4 members (excludes halogenated alkanes) is 1. The van der Waals surface area contributed by atoms with Gasteiger partial charge in [0.2, 0.25) is 11.8 Å². The van der Waals surface area contributed by atoms with Crippen LogP contribution in [0.15, 0.2) is 18.2 Å². The second-order valence-corrected chi connectivity index (χ2v) is 6.59. The van der Waals surface area contributed by atoms with E-state index in [9.17, 15) is 22.8 Å². The van der Waals surface area contributed by atoms with Gasteiger partial charge in [0.05, 0.1) is 16.5 Å². The minimum Gasteiger partial charge on any atom is -0.345 e. The molecular weight excluding hydrogens is 357 g/mol. The molecule has 0 aliphatic carbocycles. The number of hydrogen-bond acceptors (Lipinski definition) is 2. The van der Waals surface area contributed by atoms with E-state index in [0.717, 1.165) is 25.0 Å². The van der Waals surface area contributed by atoms with Gasteiger partial charge in [-0.25, -0.2) is 0 Å². The largest absolute Gasteiger partial charge is 0.417 e. The van der Waals surface area contributed by atoms with Crippen molar-refractivity contribution in [3.63, 3.8) is 0 Å². The highest BCUT2D eigenvalue weighted by molar-refractivity contribution is 6.31. The monoisotopic (exact) mass is 376 g/mol. The van der Waals surface area contributed by atoms with E-state index in [4.69, 9.17) is 11.6 Å². The van der Waals surface area contributed by atoms with Gasteiger partial charge in [-0.1, -0.05) is 24.9 Å². The molecule has 1 fully saturated rings. The van der Waals surface area contributed by atoms with E-state index >= 15 is 0 Å². The molecule has 8 heteroatoms. The molecule has 1 unspecified atom stereocenters. The molecule has 138 valence electrons. The minimum absolute atomic E-state index is 0.000718. The summed E-state index contributed by atoms with van der Waals surface area (Å²) in [5.74, 6) is -1.06. The number of hydrogen-bond donors (Lipinski definition) is 0. The number of alkyl halides is 3. The molecule has 0 bridgehead atoms. The van der Waals surface area contributed by atoms with Gasteiger partial charge >= 0.3 is 6.18 Å². The lowest BCUT2D eigenvalue weighted by atomic mass is 10.1. The molecular formula is C17H20ClF3N2O2. The Morgan fingerprint density at radius 1 is 1.40 bits per heavy atom. The van der Waals surface area contributed by atoms with Crippen molar-refractivity contribution in [2.24, 2.45) is 5.92 Å². The van der Waals surface area contributed by atoms with Crippen molar-refractivity contribution < 1.29 is 22.8 Å². The molecule has 0 spiro atoms. The molecule has 1 aromatic carbocycles. The molecule has 0 saturated carbocycles. The molecule has 2 amide bonds. The Morgan fingerprint density at radius 2 is 2.08 bits per heavy atom. The average Bonchev–Trinajstić information content (AvgIpc) is 2.93. The average molecular weight is 377 g/mol. The van der Waals surface area contributed by atoms with E-state index in [-0.39, 0.29) is 30.5 Å². The minimum atomic E-state index is -4.61. The molecule has 1 aliphatic rings. The first-order valence-corrected chi connectivity index (χ1v) is 8.45. The molecule has 0 radical (unpaired) electrons. The maximum absolute atomic E-state index is 13.0. The molecule has 1 atom stereocenters. The van der Waals surface area contributed by atoms with Gasteiger partial charge in [0.1, 0.15) is 0 Å². The third-order valence-corrected chi connectivity index (χ3v) is 4.59. The Hall–Kier alpha value is -1.76. The topological polar surface area (TPSA) is 40.6 Å². The van der Waals surface area contributed by atoms with E-state index in [1.165, 1.54) is 11.0 Å². The maximum Gasteiger partial charge on any atom is 0.417 e. The highest BCUT2D eigenvalue weighted by Gasteiger charge is 2.38. The number of benzene rings is 1. The van der Waals surface area contributed by atoms with Crippen molar-refractivity contribution >= 4 is 29.1 Å². The second kappa shape index (κ2) is 7.64. The van der Waals surface area contributed by atoms with Gasteiger partial charge in [-0.3, -0.25) is 9.59 Å². The van der Waals surface area contributed by atoms with Gasteiger partial charge in [-0.15, -0.1) is 0 Å². The zero-order valence-electron chi connectivity index (χ0n) is 14.1. The third kappa shape index (κ3) is 4.45. The summed E-state index contributed by atoms with van der Waals surface area (Å²) in [6.45, 7) is 2.68. The van der Waals surface area contributed by atoms with Gasteiger partial charge < -0.3 is 9.80 Å². The first-order valence-electron chi connectivity index (χ1n) is 8.07. The highest BCUT2D eigenvalue weighted by Crippen LogP contribution is 2.38. The predicted octanol–water partition coefficient (Wildman–Crippen LogP) is 3.97. The van der Waals surface area contributed by atoms with Gasteiger partial charge in [0, 0.05) is 32.2 Å². The van der Waals surface area contributed by atoms with Crippen molar-refractivity contribution in [2.45, 2.75) is 32.4 Å². The first-order chi connectivity index (χ1) is 11.6. The van der Waals surface area contributed by atoms with Crippen LogP contribution in [0.25, 0.3) is 0 Å². The molecule has 1 heterocycles. The van der Waals surface area contributed by atoms with Crippen molar-refractivity contribution in [1.82, 2.24) is 4.90 Å². The van der Waals surface area contributed by atoms with Gasteiger partial charge in [0.15, 0.2) is 0 Å². The lowest BCUT2D eigenvalue weighted by Crippen LogP contribution is -2.35. The van der Waals surface area contributed by atoms with Crippen LogP contribution in [0.4, 0.5) is 18.9 Å². The summed E-state index contributed by atoms with van der Waals surface area (Å²) in [7, 11) is 1.68. The normalized spacial score (nSPS) is 17.9. The quantitative estimate of drug-likeness (QED) is 0.780. The van der Waals surface area contributed by atoms with Crippen LogP contribution in [-0.2, 0) is 15.8 Å². The Balaban J connectivity index is 2.17. The van der Waals surface area contributed by atoms with E-state index in [1.807, 2.05) is 6.92 Å². The number of carbonyl (C=O) groups excluding carboxylic acids is 2. The molecule has 1 aliphatic heterocycles. The number of halogens is 4. The number of carbonyl (C=O) groups is 2. The summed E-state index contributed by atoms with van der Waals surface area (Å²) in [6, 6.07) is 3.34. The molecule has 25 heavy (non-hydrogen) atoms. The maximum atomic E-state index is 13.0. The van der Waals surface area contributed by atoms with Gasteiger partial charge in [-0.2, -0.15) is 13.2 Å². The molecule has 2 rings (SSSR count). The van der Waals surface area contributed by atoms with Crippen LogP contribution in [-0.4, -0.2) is 36.9 Å². The van der Waals surface area contributed by atoms with Crippen molar-refractivity contribution in [2.75, 3.05) is 25.0 Å². The Kier molecular flexibility index (Phi) is 5.98. The van der Waals surface area contributed by atoms with Gasteiger partial charge in [-0.05, 0) is 24.6 Å². The SMILES string of the molecule is CCCCN(C)C(=O)C1CC(=O)N(c2ccc(Cl)c(C(F)(F)F)c2)C1. The van der Waals surface area contributed by atoms with Crippen molar-refractivity contribution in [1.29, 1.82) is 0 Å². The third-order valence-electron chi connectivity index (χ3n) is 4.26. The van der Waals surface area contributed by atoms with E-state index in [1.54, 1.807) is 11.9 Å². The van der Waals surface area contributed by atoms with Crippen LogP contribution in [0.2, 0.25) is 5.02 Å². The molecule has 4 nitrogen and oxygen atoms in total. The number of amides is 2. The second-order valence-electron chi connectivity index (χ2n) is 6.18. The van der Waals surface area contributed by atoms with Crippen LogP contribution < -0.4 is 4.90 Å². The summed E-state index contributed by atoms with van der Waals surface area (Å²) in [6.07, 6.45) is -2.80. The fraction of sp³-hybridized carbons (Fsp3) is 0.529. The Bertz CT molecular complexity index is 664. The Labute approximate surface area is 149 Å². The number of rotatable bonds is 5. The van der Waals surface area contributed by atoms with Crippen LogP contribution in [0.3, 0.4) is 0 Å². The van der Waals surface area contributed by atoms with Crippen LogP contribution in [0, 0.1) is 5.92 Å². The Morgan fingerprint density at radius 3 is 2.68 bits per heavy atom. The van der Waals surface area contributed by atoms with Crippen molar-refractivity contribution in [3.05, 3.63) is 28.8 Å². The summed E-state index contributed by atoms with van der Waals surface area (Å²) < 4.78 is 39.0. The molecule has 0 N–H and O–H groups in total. The van der Waals surface area contributed by atoms with Crippen molar-refractivity contribution in [3.8, 4) is 0 Å². The zero-order chi connectivity index (χ0) is 18.8. The molecule has 1 aromatic rings. The smallest absolute Gasteiger partial charge is 0.345 e. The van der Waals surface area contributed by atoms with Crippen LogP contribution >= 0.6 is 11.6 Å². The van der Waals surface area contributed by atoms with Crippen LogP contribution in [0.5, 0.6) is 0 Å². The fourth-order valence-corrected chi connectivity index (χ4v) is 3.06. The standard InChI is InChI=1S/C17H20ClF3N2O2/c1-3-4-7-22(2)16(25)11-8-15(24)23(10-11)12-5-6-14(18)13(9-12)17(19,20)21/h5-6,9,11H,3-4,7-8,10H2,1-2H3. The van der Waals surface area contributed by atoms with E-state index in [0.29, 0.717) is 6.54 Å². The fourth-order valence-electron chi connectivity index (χ4n) is 2.84. The lowest BCUT2D eigenvalue weighted by molar-refractivity contribution is -0.137. The van der Waals surface area contributed by atoms with E-state index < -0.39 is 22.7 Å². The number of nitrogens with zero attached hydrogens (tertiary/aromatic N) is 2.